The van der Waals surface area contributed by atoms with Crippen molar-refractivity contribution in [1.29, 1.82) is 0 Å². The summed E-state index contributed by atoms with van der Waals surface area (Å²) >= 11 is 0. The van der Waals surface area contributed by atoms with Crippen LogP contribution in [0, 0.1) is 17.5 Å². The summed E-state index contributed by atoms with van der Waals surface area (Å²) in [5.74, 6) is -5.63. The fraction of sp³-hybridized carbons (Fsp3) is 0. The van der Waals surface area contributed by atoms with Crippen LogP contribution in [-0.4, -0.2) is 20.9 Å². The van der Waals surface area contributed by atoms with Gasteiger partial charge in [0, 0.05) is 6.20 Å². The van der Waals surface area contributed by atoms with Gasteiger partial charge in [-0.2, -0.15) is 5.10 Å². The number of rotatable bonds is 2. The van der Waals surface area contributed by atoms with E-state index in [4.69, 9.17) is 5.11 Å². The lowest BCUT2D eigenvalue weighted by atomic mass is 10.3. The van der Waals surface area contributed by atoms with Crippen LogP contribution in [-0.2, 0) is 0 Å². The van der Waals surface area contributed by atoms with E-state index in [0.717, 1.165) is 29.2 Å². The van der Waals surface area contributed by atoms with Crippen LogP contribution in [0.2, 0.25) is 0 Å². The van der Waals surface area contributed by atoms with Gasteiger partial charge in [-0.15, -0.1) is 0 Å². The molecule has 0 amide bonds. The van der Waals surface area contributed by atoms with Gasteiger partial charge >= 0.3 is 5.97 Å². The van der Waals surface area contributed by atoms with Crippen molar-refractivity contribution in [3.63, 3.8) is 0 Å². The third-order valence-corrected chi connectivity index (χ3v) is 2.09. The summed E-state index contributed by atoms with van der Waals surface area (Å²) in [5, 5.41) is 12.2. The minimum absolute atomic E-state index is 0.186. The Labute approximate surface area is 92.9 Å². The third-order valence-electron chi connectivity index (χ3n) is 2.09. The average Bonchev–Trinajstić information content (AvgIpc) is 2.75. The second kappa shape index (κ2) is 3.93. The van der Waals surface area contributed by atoms with Crippen molar-refractivity contribution in [1.82, 2.24) is 9.78 Å². The lowest BCUT2D eigenvalue weighted by Crippen LogP contribution is -2.02. The maximum atomic E-state index is 13.3. The van der Waals surface area contributed by atoms with Gasteiger partial charge in [0.05, 0.1) is 11.8 Å². The average molecular weight is 242 g/mol. The molecule has 4 nitrogen and oxygen atoms in total. The molecule has 1 aromatic carbocycles. The maximum Gasteiger partial charge on any atom is 0.338 e. The largest absolute Gasteiger partial charge is 0.478 e. The number of carbonyl (C=O) groups is 1. The van der Waals surface area contributed by atoms with Crippen molar-refractivity contribution < 1.29 is 23.1 Å². The monoisotopic (exact) mass is 242 g/mol. The normalized spacial score (nSPS) is 10.5. The summed E-state index contributed by atoms with van der Waals surface area (Å²) in [6, 6.07) is 1.70. The SMILES string of the molecule is O=C(O)c1cnn(-c2ccc(F)c(F)c2F)c1. The molecule has 88 valence electrons. The van der Waals surface area contributed by atoms with Gasteiger partial charge in [-0.05, 0) is 12.1 Å². The van der Waals surface area contributed by atoms with Crippen LogP contribution >= 0.6 is 0 Å². The molecule has 7 heteroatoms. The van der Waals surface area contributed by atoms with Crippen molar-refractivity contribution in [2.75, 3.05) is 0 Å². The molecule has 1 N–H and O–H groups in total. The maximum absolute atomic E-state index is 13.3. The first-order valence-corrected chi connectivity index (χ1v) is 4.42. The first kappa shape index (κ1) is 11.2. The highest BCUT2D eigenvalue weighted by Crippen LogP contribution is 2.18. The second-order valence-electron chi connectivity index (χ2n) is 3.17. The van der Waals surface area contributed by atoms with E-state index in [9.17, 15) is 18.0 Å². The van der Waals surface area contributed by atoms with Gasteiger partial charge < -0.3 is 5.11 Å². The van der Waals surface area contributed by atoms with E-state index in [-0.39, 0.29) is 11.3 Å². The van der Waals surface area contributed by atoms with E-state index >= 15 is 0 Å². The number of benzene rings is 1. The van der Waals surface area contributed by atoms with Gasteiger partial charge in [0.1, 0.15) is 5.69 Å². The van der Waals surface area contributed by atoms with Crippen LogP contribution in [0.4, 0.5) is 13.2 Å². The zero-order valence-electron chi connectivity index (χ0n) is 8.19. The number of hydrogen-bond acceptors (Lipinski definition) is 2. The topological polar surface area (TPSA) is 55.1 Å². The zero-order valence-corrected chi connectivity index (χ0v) is 8.19. The smallest absolute Gasteiger partial charge is 0.338 e. The standard InChI is InChI=1S/C10H5F3N2O2/c11-6-1-2-7(9(13)8(6)12)15-4-5(3-14-15)10(16)17/h1-4H,(H,16,17). The lowest BCUT2D eigenvalue weighted by Gasteiger charge is -2.03. The summed E-state index contributed by atoms with van der Waals surface area (Å²) < 4.78 is 39.8. The van der Waals surface area contributed by atoms with Crippen LogP contribution < -0.4 is 0 Å². The van der Waals surface area contributed by atoms with Gasteiger partial charge in [0.2, 0.25) is 0 Å². The number of nitrogens with zero attached hydrogens (tertiary/aromatic N) is 2. The Kier molecular flexibility index (Phi) is 2.58. The number of aromatic carboxylic acids is 1. The Hall–Kier alpha value is -2.31. The predicted molar refractivity (Wildman–Crippen MR) is 50.4 cm³/mol. The molecule has 0 saturated heterocycles. The van der Waals surface area contributed by atoms with Crippen LogP contribution in [0.5, 0.6) is 0 Å². The Bertz CT molecular complexity index is 595. The Morgan fingerprint density at radius 1 is 1.24 bits per heavy atom. The molecule has 1 heterocycles. The number of carboxylic acids is 1. The highest BCUT2D eigenvalue weighted by molar-refractivity contribution is 5.86. The van der Waals surface area contributed by atoms with E-state index in [1.165, 1.54) is 0 Å². The van der Waals surface area contributed by atoms with E-state index in [1.54, 1.807) is 0 Å². The van der Waals surface area contributed by atoms with E-state index in [0.29, 0.717) is 0 Å². The summed E-state index contributed by atoms with van der Waals surface area (Å²) in [7, 11) is 0. The van der Waals surface area contributed by atoms with Gasteiger partial charge in [-0.25, -0.2) is 22.6 Å². The lowest BCUT2D eigenvalue weighted by molar-refractivity contribution is 0.0697. The molecule has 0 atom stereocenters. The molecule has 0 bridgehead atoms. The first-order valence-electron chi connectivity index (χ1n) is 4.42. The van der Waals surface area contributed by atoms with Crippen molar-refractivity contribution in [3.05, 3.63) is 47.5 Å². The first-order chi connectivity index (χ1) is 8.00. The Balaban J connectivity index is 2.53. The molecule has 2 rings (SSSR count). The van der Waals surface area contributed by atoms with Gasteiger partial charge in [-0.1, -0.05) is 0 Å². The molecule has 0 saturated carbocycles. The molecule has 0 aliphatic rings. The summed E-state index contributed by atoms with van der Waals surface area (Å²) in [6.45, 7) is 0. The summed E-state index contributed by atoms with van der Waals surface area (Å²) in [6.07, 6.45) is 1.97. The van der Waals surface area contributed by atoms with Crippen molar-refractivity contribution in [3.8, 4) is 5.69 Å². The summed E-state index contributed by atoms with van der Waals surface area (Å²) in [5.41, 5.74) is -0.550. The van der Waals surface area contributed by atoms with E-state index in [1.807, 2.05) is 0 Å². The van der Waals surface area contributed by atoms with Crippen LogP contribution in [0.15, 0.2) is 24.5 Å². The molecule has 0 spiro atoms. The van der Waals surface area contributed by atoms with Crippen molar-refractivity contribution in [2.45, 2.75) is 0 Å². The molecule has 0 aliphatic heterocycles. The number of hydrogen-bond donors (Lipinski definition) is 1. The van der Waals surface area contributed by atoms with Gasteiger partial charge in [-0.3, -0.25) is 0 Å². The second-order valence-corrected chi connectivity index (χ2v) is 3.17. The molecule has 2 aromatic rings. The van der Waals surface area contributed by atoms with Crippen LogP contribution in [0.3, 0.4) is 0 Å². The Morgan fingerprint density at radius 2 is 1.94 bits per heavy atom. The van der Waals surface area contributed by atoms with E-state index in [2.05, 4.69) is 5.10 Å². The van der Waals surface area contributed by atoms with Crippen molar-refractivity contribution in [2.24, 2.45) is 0 Å². The molecule has 17 heavy (non-hydrogen) atoms. The van der Waals surface area contributed by atoms with Crippen LogP contribution in [0.1, 0.15) is 10.4 Å². The molecule has 0 unspecified atom stereocenters. The fourth-order valence-electron chi connectivity index (χ4n) is 1.26. The van der Waals surface area contributed by atoms with Gasteiger partial charge in [0.25, 0.3) is 0 Å². The summed E-state index contributed by atoms with van der Waals surface area (Å²) in [4.78, 5) is 10.6. The highest BCUT2D eigenvalue weighted by Gasteiger charge is 2.16. The Morgan fingerprint density at radius 3 is 2.53 bits per heavy atom. The van der Waals surface area contributed by atoms with Crippen molar-refractivity contribution >= 4 is 5.97 Å². The number of carboxylic acid groups (broad SMARTS) is 1. The number of aromatic nitrogens is 2. The third kappa shape index (κ3) is 1.86. The molecule has 1 aromatic heterocycles. The number of halogens is 3. The fourth-order valence-corrected chi connectivity index (χ4v) is 1.26. The minimum Gasteiger partial charge on any atom is -0.478 e. The minimum atomic E-state index is -1.63. The predicted octanol–water partition coefficient (Wildman–Crippen LogP) is 1.99. The molecular formula is C10H5F3N2O2. The van der Waals surface area contributed by atoms with Crippen LogP contribution in [0.25, 0.3) is 5.69 Å². The highest BCUT2D eigenvalue weighted by atomic mass is 19.2. The molecule has 0 aliphatic carbocycles. The zero-order chi connectivity index (χ0) is 12.6. The molecule has 0 fully saturated rings. The van der Waals surface area contributed by atoms with Gasteiger partial charge in [0.15, 0.2) is 17.5 Å². The quantitative estimate of drug-likeness (QED) is 0.819. The molecule has 0 radical (unpaired) electrons. The van der Waals surface area contributed by atoms with E-state index < -0.39 is 23.4 Å². The molecular weight excluding hydrogens is 237 g/mol.